The van der Waals surface area contributed by atoms with Gasteiger partial charge in [0.05, 0.1) is 39.9 Å². The summed E-state index contributed by atoms with van der Waals surface area (Å²) in [5.41, 5.74) is 0. The Morgan fingerprint density at radius 1 is 0.526 bits per heavy atom. The van der Waals surface area contributed by atoms with Crippen molar-refractivity contribution in [2.75, 3.05) is 40.9 Å². The summed E-state index contributed by atoms with van der Waals surface area (Å²) >= 11 is 0. The quantitative estimate of drug-likeness (QED) is 0.0321. The third kappa shape index (κ3) is 43.4. The number of quaternary nitrogens is 1. The van der Waals surface area contributed by atoms with Crippen LogP contribution in [0.1, 0.15) is 251 Å². The number of likely N-dealkylation sites (N-methyl/N-ethyl adjacent to an activating group) is 1. The fourth-order valence-corrected chi connectivity index (χ4v) is 8.37. The van der Waals surface area contributed by atoms with Crippen molar-refractivity contribution in [1.82, 2.24) is 5.32 Å². The van der Waals surface area contributed by atoms with Gasteiger partial charge in [-0.25, -0.2) is 4.57 Å². The van der Waals surface area contributed by atoms with Gasteiger partial charge in [-0.3, -0.25) is 13.8 Å². The number of rotatable bonds is 46. The van der Waals surface area contributed by atoms with Gasteiger partial charge < -0.3 is 19.8 Å². The van der Waals surface area contributed by atoms with Crippen molar-refractivity contribution in [1.29, 1.82) is 0 Å². The lowest BCUT2D eigenvalue weighted by molar-refractivity contribution is -0.870. The van der Waals surface area contributed by atoms with Crippen LogP contribution in [-0.4, -0.2) is 73.4 Å². The van der Waals surface area contributed by atoms with Gasteiger partial charge in [-0.05, 0) is 12.8 Å². The zero-order chi connectivity index (χ0) is 42.1. The van der Waals surface area contributed by atoms with Gasteiger partial charge >= 0.3 is 7.82 Å². The van der Waals surface area contributed by atoms with Crippen molar-refractivity contribution < 1.29 is 32.9 Å². The number of aliphatic hydroxyl groups excluding tert-OH is 1. The van der Waals surface area contributed by atoms with Gasteiger partial charge in [-0.15, -0.1) is 0 Å². The van der Waals surface area contributed by atoms with E-state index in [9.17, 15) is 19.4 Å². The second-order valence-corrected chi connectivity index (χ2v) is 20.0. The number of phosphoric acid groups is 1. The first-order valence-corrected chi connectivity index (χ1v) is 26.4. The summed E-state index contributed by atoms with van der Waals surface area (Å²) in [7, 11) is 1.63. The average molecular weight is 832 g/mol. The molecule has 0 fully saturated rings. The molecule has 0 heterocycles. The summed E-state index contributed by atoms with van der Waals surface area (Å²) in [6, 6.07) is -0.753. The van der Waals surface area contributed by atoms with Crippen LogP contribution in [0.15, 0.2) is 0 Å². The fraction of sp³-hybridized carbons (Fsp3) is 0.979. The van der Waals surface area contributed by atoms with Gasteiger partial charge in [0, 0.05) is 6.42 Å². The number of aliphatic hydroxyl groups is 1. The molecule has 0 bridgehead atoms. The number of amides is 1. The van der Waals surface area contributed by atoms with Crippen LogP contribution in [0.25, 0.3) is 0 Å². The van der Waals surface area contributed by atoms with E-state index in [4.69, 9.17) is 9.05 Å². The molecule has 1 amide bonds. The molecule has 342 valence electrons. The largest absolute Gasteiger partial charge is 0.472 e. The van der Waals surface area contributed by atoms with Gasteiger partial charge in [-0.2, -0.15) is 0 Å². The van der Waals surface area contributed by atoms with E-state index in [2.05, 4.69) is 19.2 Å². The summed E-state index contributed by atoms with van der Waals surface area (Å²) in [6.45, 7) is 4.93. The monoisotopic (exact) mass is 832 g/mol. The first-order valence-electron chi connectivity index (χ1n) is 24.9. The van der Waals surface area contributed by atoms with Crippen molar-refractivity contribution in [3.05, 3.63) is 0 Å². The van der Waals surface area contributed by atoms with Crippen LogP contribution in [0.4, 0.5) is 0 Å². The molecule has 0 aromatic heterocycles. The van der Waals surface area contributed by atoms with Gasteiger partial charge in [0.25, 0.3) is 0 Å². The third-order valence-corrected chi connectivity index (χ3v) is 12.6. The number of carbonyl (C=O) groups is 1. The Bertz CT molecular complexity index is 901. The number of phosphoric ester groups is 1. The molecule has 0 saturated carbocycles. The number of hydrogen-bond donors (Lipinski definition) is 3. The van der Waals surface area contributed by atoms with Crippen LogP contribution >= 0.6 is 7.82 Å². The standard InChI is InChI=1S/C48H99N2O6P/c1-6-8-10-12-14-16-18-20-22-24-26-28-30-32-34-36-38-40-42-48(52)49-46(45-56-57(53,54)55-44-43-50(3,4)5)47(51)41-39-37-35-33-31-29-27-25-23-21-19-17-15-13-11-9-7-2/h46-47,51H,6-45H2,1-5H3,(H-,49,52,53,54)/p+1/t46-,47+/m0/s1. The lowest BCUT2D eigenvalue weighted by Gasteiger charge is -2.26. The summed E-state index contributed by atoms with van der Waals surface area (Å²) in [5.74, 6) is -0.139. The number of hydrogen-bond acceptors (Lipinski definition) is 5. The van der Waals surface area contributed by atoms with Crippen LogP contribution in [0.3, 0.4) is 0 Å². The zero-order valence-electron chi connectivity index (χ0n) is 38.9. The first-order chi connectivity index (χ1) is 27.5. The molecular formula is C48H100N2O6P+. The Hall–Kier alpha value is -0.500. The normalized spacial score (nSPS) is 14.2. The topological polar surface area (TPSA) is 105 Å². The first kappa shape index (κ1) is 56.5. The third-order valence-electron chi connectivity index (χ3n) is 11.6. The van der Waals surface area contributed by atoms with Crippen LogP contribution in [0.5, 0.6) is 0 Å². The highest BCUT2D eigenvalue weighted by molar-refractivity contribution is 7.47. The maximum absolute atomic E-state index is 12.9. The van der Waals surface area contributed by atoms with Gasteiger partial charge in [0.1, 0.15) is 13.2 Å². The molecule has 0 aliphatic carbocycles. The zero-order valence-corrected chi connectivity index (χ0v) is 39.8. The summed E-state index contributed by atoms with van der Waals surface area (Å²) in [6.07, 6.45) is 45.6. The van der Waals surface area contributed by atoms with E-state index in [0.29, 0.717) is 23.9 Å². The van der Waals surface area contributed by atoms with Crippen molar-refractivity contribution in [3.63, 3.8) is 0 Å². The highest BCUT2D eigenvalue weighted by Gasteiger charge is 2.28. The van der Waals surface area contributed by atoms with Crippen molar-refractivity contribution in [2.45, 2.75) is 264 Å². The molecule has 0 aromatic rings. The number of nitrogens with one attached hydrogen (secondary N) is 1. The van der Waals surface area contributed by atoms with Crippen molar-refractivity contribution in [3.8, 4) is 0 Å². The molecule has 0 saturated heterocycles. The smallest absolute Gasteiger partial charge is 0.391 e. The van der Waals surface area contributed by atoms with Gasteiger partial charge in [0.15, 0.2) is 0 Å². The molecule has 0 aliphatic heterocycles. The maximum atomic E-state index is 12.9. The second-order valence-electron chi connectivity index (χ2n) is 18.6. The minimum Gasteiger partial charge on any atom is -0.391 e. The molecule has 1 unspecified atom stereocenters. The van der Waals surface area contributed by atoms with Crippen molar-refractivity contribution >= 4 is 13.7 Å². The van der Waals surface area contributed by atoms with Crippen LogP contribution in [0.2, 0.25) is 0 Å². The lowest BCUT2D eigenvalue weighted by Crippen LogP contribution is -2.46. The Morgan fingerprint density at radius 2 is 0.842 bits per heavy atom. The average Bonchev–Trinajstić information content (AvgIpc) is 3.16. The molecule has 0 aromatic carbocycles. The van der Waals surface area contributed by atoms with E-state index in [1.54, 1.807) is 0 Å². The van der Waals surface area contributed by atoms with Crippen LogP contribution < -0.4 is 5.32 Å². The molecule has 0 spiro atoms. The number of nitrogens with zero attached hydrogens (tertiary/aromatic N) is 1. The highest BCUT2D eigenvalue weighted by atomic mass is 31.2. The minimum absolute atomic E-state index is 0.0788. The molecule has 0 aliphatic rings. The van der Waals surface area contributed by atoms with E-state index in [1.165, 1.54) is 186 Å². The summed E-state index contributed by atoms with van der Waals surface area (Å²) in [5, 5.41) is 14.0. The molecule has 9 heteroatoms. The predicted molar refractivity (Wildman–Crippen MR) is 245 cm³/mol. The molecule has 57 heavy (non-hydrogen) atoms. The van der Waals surface area contributed by atoms with E-state index >= 15 is 0 Å². The Labute approximate surface area is 355 Å². The molecule has 8 nitrogen and oxygen atoms in total. The maximum Gasteiger partial charge on any atom is 0.472 e. The van der Waals surface area contributed by atoms with Gasteiger partial charge in [-0.1, -0.05) is 232 Å². The van der Waals surface area contributed by atoms with Crippen LogP contribution in [0, 0.1) is 0 Å². The lowest BCUT2D eigenvalue weighted by atomic mass is 10.0. The summed E-state index contributed by atoms with van der Waals surface area (Å²) in [4.78, 5) is 23.2. The minimum atomic E-state index is -4.31. The van der Waals surface area contributed by atoms with E-state index in [0.717, 1.165) is 38.5 Å². The Kier molecular flexibility index (Phi) is 40.5. The Morgan fingerprint density at radius 3 is 1.18 bits per heavy atom. The van der Waals surface area contributed by atoms with E-state index in [1.807, 2.05) is 21.1 Å². The summed E-state index contributed by atoms with van der Waals surface area (Å²) < 4.78 is 23.7. The highest BCUT2D eigenvalue weighted by Crippen LogP contribution is 2.43. The fourth-order valence-electron chi connectivity index (χ4n) is 7.64. The molecular weight excluding hydrogens is 732 g/mol. The number of carbonyl (C=O) groups excluding carboxylic acids is 1. The SMILES string of the molecule is CCCCCCCCCCCCCCCCCCCCC(=O)N[C@@H](COP(=O)(O)OCC[N+](C)(C)C)[C@H](O)CCCCCCCCCCCCCCCCCCC. The van der Waals surface area contributed by atoms with E-state index in [-0.39, 0.29) is 19.1 Å². The van der Waals surface area contributed by atoms with Gasteiger partial charge in [0.2, 0.25) is 5.91 Å². The molecule has 0 radical (unpaired) electrons. The number of unbranched alkanes of at least 4 members (excludes halogenated alkanes) is 33. The second kappa shape index (κ2) is 40.9. The van der Waals surface area contributed by atoms with Crippen molar-refractivity contribution in [2.24, 2.45) is 0 Å². The Balaban J connectivity index is 4.25. The van der Waals surface area contributed by atoms with E-state index < -0.39 is 20.0 Å². The molecule has 3 atom stereocenters. The molecule has 3 N–H and O–H groups in total. The van der Waals surface area contributed by atoms with Crippen LogP contribution in [-0.2, 0) is 18.4 Å². The predicted octanol–water partition coefficient (Wildman–Crippen LogP) is 14.1. The molecule has 0 rings (SSSR count).